The van der Waals surface area contributed by atoms with Gasteiger partial charge in [-0.3, -0.25) is 4.79 Å². The summed E-state index contributed by atoms with van der Waals surface area (Å²) in [7, 11) is 0. The summed E-state index contributed by atoms with van der Waals surface area (Å²) in [6.45, 7) is 9.64. The highest BCUT2D eigenvalue weighted by Crippen LogP contribution is 2.39. The number of carbonyl (C=O) groups is 3. The standard InChI is InChI=1S/C32H44N2O6S/c1-20-8-10-21(11-9-20)29(35)34(25-18-23(12-15-32(2,3)4)41-28(25)30(36)37)22-13-16-33(17-14-22)31(38)40-27-19-39-26-7-5-6-24(26)27/h18,20-22,24,26-27H,5-11,13-14,16-17,19H2,1-4H3,(H,36,37)/t20-,21-,24-,26+,27+/m1/s1. The molecule has 2 aliphatic heterocycles. The number of carbonyl (C=O) groups excluding carboxylic acids is 2. The lowest BCUT2D eigenvalue weighted by atomic mass is 9.82. The van der Waals surface area contributed by atoms with E-state index in [0.717, 1.165) is 56.3 Å². The Labute approximate surface area is 247 Å². The van der Waals surface area contributed by atoms with Gasteiger partial charge in [0.05, 0.1) is 23.3 Å². The Hall–Kier alpha value is -2.57. The van der Waals surface area contributed by atoms with E-state index in [1.165, 1.54) is 0 Å². The Morgan fingerprint density at radius 1 is 1.07 bits per heavy atom. The van der Waals surface area contributed by atoms with E-state index < -0.39 is 5.97 Å². The lowest BCUT2D eigenvalue weighted by Gasteiger charge is -2.40. The second-order valence-corrected chi connectivity index (χ2v) is 14.5. The van der Waals surface area contributed by atoms with Gasteiger partial charge in [-0.15, -0.1) is 11.3 Å². The van der Waals surface area contributed by atoms with Gasteiger partial charge in [-0.05, 0) is 84.1 Å². The molecule has 8 nitrogen and oxygen atoms in total. The summed E-state index contributed by atoms with van der Waals surface area (Å²) in [5, 5.41) is 10.1. The number of rotatable bonds is 5. The fourth-order valence-electron chi connectivity index (χ4n) is 6.78. The molecule has 1 aromatic rings. The van der Waals surface area contributed by atoms with E-state index in [-0.39, 0.29) is 46.5 Å². The fourth-order valence-corrected chi connectivity index (χ4v) is 7.63. The second-order valence-electron chi connectivity index (χ2n) is 13.4. The van der Waals surface area contributed by atoms with Crippen LogP contribution >= 0.6 is 11.3 Å². The normalized spacial score (nSPS) is 28.5. The quantitative estimate of drug-likeness (QED) is 0.416. The predicted molar refractivity (Wildman–Crippen MR) is 158 cm³/mol. The first kappa shape index (κ1) is 29.9. The molecule has 0 radical (unpaired) electrons. The van der Waals surface area contributed by atoms with E-state index in [9.17, 15) is 19.5 Å². The Morgan fingerprint density at radius 2 is 1.78 bits per heavy atom. The van der Waals surface area contributed by atoms with Crippen molar-refractivity contribution in [3.8, 4) is 11.8 Å². The molecule has 224 valence electrons. The molecule has 9 heteroatoms. The molecule has 2 saturated heterocycles. The number of hydrogen-bond acceptors (Lipinski definition) is 6. The third-order valence-electron chi connectivity index (χ3n) is 9.13. The van der Waals surface area contributed by atoms with Gasteiger partial charge in [-0.2, -0.15) is 0 Å². The van der Waals surface area contributed by atoms with Gasteiger partial charge in [0.1, 0.15) is 11.0 Å². The number of fused-ring (bicyclic) bond motifs is 1. The van der Waals surface area contributed by atoms with Crippen LogP contribution in [0.1, 0.15) is 100 Å². The van der Waals surface area contributed by atoms with Crippen LogP contribution in [-0.4, -0.2) is 65.9 Å². The van der Waals surface area contributed by atoms with Crippen molar-refractivity contribution in [2.45, 2.75) is 104 Å². The van der Waals surface area contributed by atoms with Gasteiger partial charge in [-0.1, -0.05) is 25.2 Å². The summed E-state index contributed by atoms with van der Waals surface area (Å²) in [6.07, 6.45) is 7.67. The Bertz CT molecular complexity index is 1190. The number of hydrogen-bond donors (Lipinski definition) is 1. The van der Waals surface area contributed by atoms with Crippen molar-refractivity contribution in [3.63, 3.8) is 0 Å². The number of ether oxygens (including phenoxy) is 2. The first-order valence-electron chi connectivity index (χ1n) is 15.3. The summed E-state index contributed by atoms with van der Waals surface area (Å²) >= 11 is 1.13. The first-order valence-corrected chi connectivity index (χ1v) is 16.1. The summed E-state index contributed by atoms with van der Waals surface area (Å²) in [4.78, 5) is 43.9. The summed E-state index contributed by atoms with van der Waals surface area (Å²) in [5.74, 6) is 6.06. The molecule has 0 bridgehead atoms. The zero-order valence-corrected chi connectivity index (χ0v) is 25.6. The van der Waals surface area contributed by atoms with Crippen LogP contribution in [0, 0.1) is 35.0 Å². The minimum absolute atomic E-state index is 0.00365. The lowest BCUT2D eigenvalue weighted by Crippen LogP contribution is -2.51. The monoisotopic (exact) mass is 584 g/mol. The van der Waals surface area contributed by atoms with Crippen molar-refractivity contribution in [3.05, 3.63) is 15.8 Å². The van der Waals surface area contributed by atoms with Gasteiger partial charge in [0.2, 0.25) is 5.91 Å². The van der Waals surface area contributed by atoms with E-state index in [4.69, 9.17) is 9.47 Å². The minimum Gasteiger partial charge on any atom is -0.477 e. The third-order valence-corrected chi connectivity index (χ3v) is 10.2. The van der Waals surface area contributed by atoms with Crippen LogP contribution in [0.25, 0.3) is 0 Å². The topological polar surface area (TPSA) is 96.4 Å². The van der Waals surface area contributed by atoms with Crippen molar-refractivity contribution < 1.29 is 29.0 Å². The zero-order chi connectivity index (χ0) is 29.3. The molecule has 5 rings (SSSR count). The fraction of sp³-hybridized carbons (Fsp3) is 0.719. The molecule has 2 amide bonds. The van der Waals surface area contributed by atoms with Crippen molar-refractivity contribution in [1.29, 1.82) is 0 Å². The zero-order valence-electron chi connectivity index (χ0n) is 24.8. The number of nitrogens with zero attached hydrogens (tertiary/aromatic N) is 2. The molecule has 2 saturated carbocycles. The number of anilines is 1. The van der Waals surface area contributed by atoms with Crippen LogP contribution in [0.2, 0.25) is 0 Å². The van der Waals surface area contributed by atoms with Crippen LogP contribution in [0.5, 0.6) is 0 Å². The van der Waals surface area contributed by atoms with E-state index in [0.29, 0.717) is 54.9 Å². The summed E-state index contributed by atoms with van der Waals surface area (Å²) in [5.41, 5.74) is 0.216. The number of carboxylic acids is 1. The molecule has 0 unspecified atom stereocenters. The van der Waals surface area contributed by atoms with Gasteiger partial charge >= 0.3 is 12.1 Å². The number of thiophene rings is 1. The van der Waals surface area contributed by atoms with Crippen LogP contribution in [0.15, 0.2) is 6.07 Å². The molecule has 1 N–H and O–H groups in total. The van der Waals surface area contributed by atoms with Gasteiger partial charge in [0, 0.05) is 36.4 Å². The van der Waals surface area contributed by atoms with E-state index in [1.807, 2.05) is 20.8 Å². The number of amides is 2. The number of piperidine rings is 1. The Kier molecular flexibility index (Phi) is 9.01. The highest BCUT2D eigenvalue weighted by atomic mass is 32.1. The molecule has 2 aliphatic carbocycles. The van der Waals surface area contributed by atoms with Crippen molar-refractivity contribution in [1.82, 2.24) is 4.90 Å². The molecule has 4 aliphatic rings. The van der Waals surface area contributed by atoms with Gasteiger partial charge in [-0.25, -0.2) is 9.59 Å². The number of carboxylic acid groups (broad SMARTS) is 1. The van der Waals surface area contributed by atoms with E-state index in [1.54, 1.807) is 15.9 Å². The van der Waals surface area contributed by atoms with Crippen LogP contribution < -0.4 is 4.90 Å². The second kappa shape index (κ2) is 12.3. The molecular weight excluding hydrogens is 540 g/mol. The molecular formula is C32H44N2O6S. The SMILES string of the molecule is CC(C)(C)C#Cc1cc(N(C(=O)[C@H]2CC[C@H](C)CC2)C2CCN(C(=O)O[C@H]3CO[C@H]4CCC[C@H]43)CC2)c(C(=O)O)s1. The Balaban J connectivity index is 1.34. The first-order chi connectivity index (χ1) is 19.5. The Morgan fingerprint density at radius 3 is 2.44 bits per heavy atom. The summed E-state index contributed by atoms with van der Waals surface area (Å²) in [6, 6.07) is 1.59. The maximum absolute atomic E-state index is 14.1. The van der Waals surface area contributed by atoms with Crippen molar-refractivity contribution >= 4 is 35.0 Å². The van der Waals surface area contributed by atoms with Crippen molar-refractivity contribution in [2.24, 2.45) is 23.2 Å². The lowest BCUT2D eigenvalue weighted by molar-refractivity contribution is -0.124. The number of aromatic carboxylic acids is 1. The maximum atomic E-state index is 14.1. The molecule has 1 aromatic heterocycles. The van der Waals surface area contributed by atoms with Crippen LogP contribution in [0.4, 0.5) is 10.5 Å². The average molecular weight is 585 g/mol. The minimum atomic E-state index is -1.05. The molecule has 41 heavy (non-hydrogen) atoms. The molecule has 4 fully saturated rings. The number of likely N-dealkylation sites (tertiary alicyclic amines) is 1. The maximum Gasteiger partial charge on any atom is 0.410 e. The largest absolute Gasteiger partial charge is 0.477 e. The highest BCUT2D eigenvalue weighted by molar-refractivity contribution is 7.15. The van der Waals surface area contributed by atoms with E-state index >= 15 is 0 Å². The summed E-state index contributed by atoms with van der Waals surface area (Å²) < 4.78 is 11.7. The van der Waals surface area contributed by atoms with Gasteiger partial charge in [0.25, 0.3) is 0 Å². The van der Waals surface area contributed by atoms with Crippen LogP contribution in [0.3, 0.4) is 0 Å². The molecule has 3 heterocycles. The van der Waals surface area contributed by atoms with Crippen LogP contribution in [-0.2, 0) is 14.3 Å². The van der Waals surface area contributed by atoms with Gasteiger partial charge in [0.15, 0.2) is 0 Å². The molecule has 0 spiro atoms. The van der Waals surface area contributed by atoms with Crippen molar-refractivity contribution in [2.75, 3.05) is 24.6 Å². The van der Waals surface area contributed by atoms with E-state index in [2.05, 4.69) is 18.8 Å². The molecule has 3 atom stereocenters. The molecule has 0 aromatic carbocycles. The predicted octanol–water partition coefficient (Wildman–Crippen LogP) is 6.17. The average Bonchev–Trinajstić information content (AvgIpc) is 3.66. The third kappa shape index (κ3) is 6.91. The highest BCUT2D eigenvalue weighted by Gasteiger charge is 2.44. The smallest absolute Gasteiger partial charge is 0.410 e. The van der Waals surface area contributed by atoms with Gasteiger partial charge < -0.3 is 24.4 Å².